The lowest BCUT2D eigenvalue weighted by Gasteiger charge is -2.14. The van der Waals surface area contributed by atoms with Gasteiger partial charge in [-0.15, -0.1) is 0 Å². The lowest BCUT2D eigenvalue weighted by molar-refractivity contribution is -0.138. The predicted octanol–water partition coefficient (Wildman–Crippen LogP) is 2.85. The van der Waals surface area contributed by atoms with Crippen molar-refractivity contribution in [1.29, 1.82) is 0 Å². The molecule has 0 aliphatic carbocycles. The molecule has 1 rings (SSSR count). The summed E-state index contributed by atoms with van der Waals surface area (Å²) in [6, 6.07) is 2.96. The third-order valence-corrected chi connectivity index (χ3v) is 1.91. The van der Waals surface area contributed by atoms with E-state index < -0.39 is 29.4 Å². The number of nitrogen functional groups attached to an aromatic ring is 1. The molecule has 17 heavy (non-hydrogen) atoms. The molecule has 0 heterocycles. The van der Waals surface area contributed by atoms with Gasteiger partial charge in [-0.3, -0.25) is 0 Å². The summed E-state index contributed by atoms with van der Waals surface area (Å²) in [4.78, 5) is 11.5. The van der Waals surface area contributed by atoms with Crippen LogP contribution in [0.3, 0.4) is 0 Å². The number of hydrogen-bond donors (Lipinski definition) is 1. The number of rotatable bonds is 2. The van der Waals surface area contributed by atoms with Gasteiger partial charge in [0.15, 0.2) is 0 Å². The Hall–Kier alpha value is -1.72. The van der Waals surface area contributed by atoms with E-state index in [0.29, 0.717) is 0 Å². The lowest BCUT2D eigenvalue weighted by atomic mass is 10.1. The minimum Gasteiger partial charge on any atom is -0.459 e. The quantitative estimate of drug-likeness (QED) is 0.645. The highest BCUT2D eigenvalue weighted by atomic mass is 19.4. The van der Waals surface area contributed by atoms with Gasteiger partial charge in [-0.1, -0.05) is 0 Å². The average molecular weight is 247 g/mol. The number of ether oxygens (including phenoxy) is 1. The minimum atomic E-state index is -4.64. The van der Waals surface area contributed by atoms with Crippen molar-refractivity contribution in [2.75, 3.05) is 5.73 Å². The molecular weight excluding hydrogens is 235 g/mol. The summed E-state index contributed by atoms with van der Waals surface area (Å²) in [5, 5.41) is 0. The molecule has 2 N–H and O–H groups in total. The van der Waals surface area contributed by atoms with E-state index in [1.54, 1.807) is 13.8 Å². The summed E-state index contributed by atoms with van der Waals surface area (Å²) in [7, 11) is 0. The summed E-state index contributed by atoms with van der Waals surface area (Å²) in [5.41, 5.74) is 3.61. The molecule has 0 unspecified atom stereocenters. The molecule has 1 aromatic rings. The van der Waals surface area contributed by atoms with Crippen LogP contribution in [0.15, 0.2) is 18.2 Å². The molecule has 1 aromatic carbocycles. The summed E-state index contributed by atoms with van der Waals surface area (Å²) in [6.07, 6.45) is -5.12. The molecule has 0 aliphatic heterocycles. The fourth-order valence-corrected chi connectivity index (χ4v) is 1.25. The van der Waals surface area contributed by atoms with Crippen molar-refractivity contribution in [3.63, 3.8) is 0 Å². The van der Waals surface area contributed by atoms with Gasteiger partial charge < -0.3 is 10.5 Å². The maximum absolute atomic E-state index is 12.7. The molecule has 0 atom stereocenters. The van der Waals surface area contributed by atoms with E-state index in [9.17, 15) is 18.0 Å². The van der Waals surface area contributed by atoms with Gasteiger partial charge in [-0.25, -0.2) is 4.79 Å². The van der Waals surface area contributed by atoms with Crippen LogP contribution in [0, 0.1) is 0 Å². The second-order valence-corrected chi connectivity index (χ2v) is 3.76. The van der Waals surface area contributed by atoms with Crippen LogP contribution >= 0.6 is 0 Å². The van der Waals surface area contributed by atoms with Crippen LogP contribution in [0.4, 0.5) is 18.9 Å². The van der Waals surface area contributed by atoms with Crippen LogP contribution in [0.25, 0.3) is 0 Å². The Morgan fingerprint density at radius 2 is 1.94 bits per heavy atom. The first-order valence-corrected chi connectivity index (χ1v) is 4.89. The van der Waals surface area contributed by atoms with Crippen LogP contribution in [0.5, 0.6) is 0 Å². The van der Waals surface area contributed by atoms with Crippen molar-refractivity contribution in [1.82, 2.24) is 0 Å². The number of carbonyl (C=O) groups excluding carboxylic acids is 1. The molecule has 0 saturated carbocycles. The largest absolute Gasteiger partial charge is 0.459 e. The van der Waals surface area contributed by atoms with E-state index in [4.69, 9.17) is 10.5 Å². The fourth-order valence-electron chi connectivity index (χ4n) is 1.25. The molecule has 0 fully saturated rings. The van der Waals surface area contributed by atoms with E-state index in [-0.39, 0.29) is 5.69 Å². The van der Waals surface area contributed by atoms with Crippen LogP contribution in [0.2, 0.25) is 0 Å². The van der Waals surface area contributed by atoms with Gasteiger partial charge >= 0.3 is 12.1 Å². The van der Waals surface area contributed by atoms with Gasteiger partial charge in [-0.05, 0) is 32.0 Å². The zero-order valence-corrected chi connectivity index (χ0v) is 9.34. The number of carbonyl (C=O) groups is 1. The molecule has 94 valence electrons. The third-order valence-electron chi connectivity index (χ3n) is 1.91. The van der Waals surface area contributed by atoms with Crippen molar-refractivity contribution in [2.24, 2.45) is 0 Å². The highest BCUT2D eigenvalue weighted by Gasteiger charge is 2.36. The van der Waals surface area contributed by atoms with Crippen molar-refractivity contribution in [3.8, 4) is 0 Å². The van der Waals surface area contributed by atoms with Gasteiger partial charge in [0.05, 0.1) is 17.2 Å². The first-order valence-electron chi connectivity index (χ1n) is 4.89. The Morgan fingerprint density at radius 3 is 2.41 bits per heavy atom. The predicted molar refractivity (Wildman–Crippen MR) is 56.4 cm³/mol. The van der Waals surface area contributed by atoms with Crippen molar-refractivity contribution in [3.05, 3.63) is 29.3 Å². The van der Waals surface area contributed by atoms with Gasteiger partial charge in [-0.2, -0.15) is 13.2 Å². The summed E-state index contributed by atoms with van der Waals surface area (Å²) >= 11 is 0. The molecule has 3 nitrogen and oxygen atoms in total. The molecule has 0 bridgehead atoms. The maximum atomic E-state index is 12.7. The number of hydrogen-bond acceptors (Lipinski definition) is 3. The van der Waals surface area contributed by atoms with E-state index in [1.807, 2.05) is 0 Å². The van der Waals surface area contributed by atoms with E-state index in [1.165, 1.54) is 6.07 Å². The molecular formula is C11H12F3NO2. The van der Waals surface area contributed by atoms with Crippen LogP contribution in [0.1, 0.15) is 29.8 Å². The normalized spacial score (nSPS) is 11.6. The molecule has 0 aliphatic rings. The topological polar surface area (TPSA) is 52.3 Å². The molecule has 0 spiro atoms. The van der Waals surface area contributed by atoms with Crippen molar-refractivity contribution >= 4 is 11.7 Å². The van der Waals surface area contributed by atoms with Gasteiger partial charge in [0.1, 0.15) is 0 Å². The fraction of sp³-hybridized carbons (Fsp3) is 0.364. The Labute approximate surface area is 96.4 Å². The maximum Gasteiger partial charge on any atom is 0.417 e. The number of nitrogens with two attached hydrogens (primary N) is 1. The Bertz CT molecular complexity index is 427. The standard InChI is InChI=1S/C11H12F3NO2/c1-6(2)17-10(16)8-4-3-7(15)5-9(8)11(12,13)14/h3-6H,15H2,1-2H3. The second kappa shape index (κ2) is 4.65. The number of benzene rings is 1. The van der Waals surface area contributed by atoms with Gasteiger partial charge in [0.2, 0.25) is 0 Å². The summed E-state index contributed by atoms with van der Waals surface area (Å²) in [5.74, 6) is -1.01. The average Bonchev–Trinajstić information content (AvgIpc) is 2.14. The van der Waals surface area contributed by atoms with E-state index in [0.717, 1.165) is 12.1 Å². The number of halogens is 3. The van der Waals surface area contributed by atoms with E-state index in [2.05, 4.69) is 0 Å². The zero-order chi connectivity index (χ0) is 13.2. The van der Waals surface area contributed by atoms with Crippen molar-refractivity contribution in [2.45, 2.75) is 26.1 Å². The molecule has 6 heteroatoms. The summed E-state index contributed by atoms with van der Waals surface area (Å²) < 4.78 is 42.7. The first kappa shape index (κ1) is 13.3. The minimum absolute atomic E-state index is 0.0570. The second-order valence-electron chi connectivity index (χ2n) is 3.76. The highest BCUT2D eigenvalue weighted by molar-refractivity contribution is 5.92. The Kier molecular flexibility index (Phi) is 3.65. The first-order chi connectivity index (χ1) is 7.71. The number of alkyl halides is 3. The zero-order valence-electron chi connectivity index (χ0n) is 9.34. The number of anilines is 1. The molecule has 0 radical (unpaired) electrons. The smallest absolute Gasteiger partial charge is 0.417 e. The summed E-state index contributed by atoms with van der Waals surface area (Å²) in [6.45, 7) is 3.12. The number of esters is 1. The van der Waals surface area contributed by atoms with Crippen LogP contribution in [-0.4, -0.2) is 12.1 Å². The third kappa shape index (κ3) is 3.37. The van der Waals surface area contributed by atoms with Crippen molar-refractivity contribution < 1.29 is 22.7 Å². The Morgan fingerprint density at radius 1 is 1.35 bits per heavy atom. The lowest BCUT2D eigenvalue weighted by Crippen LogP contribution is -2.18. The SMILES string of the molecule is CC(C)OC(=O)c1ccc(N)cc1C(F)(F)F. The molecule has 0 amide bonds. The Balaban J connectivity index is 3.20. The monoisotopic (exact) mass is 247 g/mol. The van der Waals surface area contributed by atoms with Crippen LogP contribution < -0.4 is 5.73 Å². The molecule has 0 saturated heterocycles. The molecule has 0 aromatic heterocycles. The van der Waals surface area contributed by atoms with Gasteiger partial charge in [0.25, 0.3) is 0 Å². The van der Waals surface area contributed by atoms with Gasteiger partial charge in [0, 0.05) is 5.69 Å². The van der Waals surface area contributed by atoms with Crippen LogP contribution in [-0.2, 0) is 10.9 Å². The van der Waals surface area contributed by atoms with E-state index >= 15 is 0 Å². The highest BCUT2D eigenvalue weighted by Crippen LogP contribution is 2.33.